The molecule has 76 valence electrons. The van der Waals surface area contributed by atoms with Gasteiger partial charge in [-0.2, -0.15) is 0 Å². The van der Waals surface area contributed by atoms with Gasteiger partial charge in [0.25, 0.3) is 0 Å². The van der Waals surface area contributed by atoms with Gasteiger partial charge in [0, 0.05) is 13.7 Å². The van der Waals surface area contributed by atoms with Crippen LogP contribution < -0.4 is 0 Å². The number of ether oxygens (including phenoxy) is 1. The van der Waals surface area contributed by atoms with Crippen molar-refractivity contribution in [3.8, 4) is 0 Å². The van der Waals surface area contributed by atoms with E-state index in [-0.39, 0.29) is 0 Å². The molecule has 13 heavy (non-hydrogen) atoms. The molecule has 1 aliphatic carbocycles. The molecule has 0 aromatic carbocycles. The van der Waals surface area contributed by atoms with Crippen molar-refractivity contribution in [2.24, 2.45) is 17.3 Å². The van der Waals surface area contributed by atoms with E-state index in [1.54, 1.807) is 7.11 Å². The fraction of sp³-hybridized carbons (Fsp3) is 0.833. The molecule has 1 heteroatoms. The zero-order valence-electron chi connectivity index (χ0n) is 9.55. The van der Waals surface area contributed by atoms with Crippen molar-refractivity contribution in [1.29, 1.82) is 0 Å². The molecule has 0 heterocycles. The fourth-order valence-corrected chi connectivity index (χ4v) is 2.72. The molecular formula is C12H22O. The zero-order chi connectivity index (χ0) is 10.1. The summed E-state index contributed by atoms with van der Waals surface area (Å²) in [6.07, 6.45) is 3.67. The molecule has 0 amide bonds. The summed E-state index contributed by atoms with van der Waals surface area (Å²) >= 11 is 0. The van der Waals surface area contributed by atoms with E-state index >= 15 is 0 Å². The van der Waals surface area contributed by atoms with E-state index in [0.717, 1.165) is 12.5 Å². The van der Waals surface area contributed by atoms with E-state index in [0.29, 0.717) is 11.3 Å². The van der Waals surface area contributed by atoms with Gasteiger partial charge in [0.1, 0.15) is 0 Å². The van der Waals surface area contributed by atoms with Crippen LogP contribution in [0.1, 0.15) is 34.1 Å². The van der Waals surface area contributed by atoms with Gasteiger partial charge in [0.05, 0.1) is 0 Å². The minimum atomic E-state index is 0.363. The largest absolute Gasteiger partial charge is 0.384 e. The SMILES string of the molecule is COCC(C)C1CC(C)=CC1(C)C. The first-order valence-corrected chi connectivity index (χ1v) is 5.14. The van der Waals surface area contributed by atoms with E-state index in [1.807, 2.05) is 0 Å². The topological polar surface area (TPSA) is 9.23 Å². The Kier molecular flexibility index (Phi) is 3.18. The van der Waals surface area contributed by atoms with Gasteiger partial charge in [0.2, 0.25) is 0 Å². The van der Waals surface area contributed by atoms with Gasteiger partial charge < -0.3 is 4.74 Å². The maximum absolute atomic E-state index is 5.22. The minimum Gasteiger partial charge on any atom is -0.384 e. The van der Waals surface area contributed by atoms with Gasteiger partial charge in [-0.25, -0.2) is 0 Å². The average Bonchev–Trinajstić information content (AvgIpc) is 2.24. The Bertz CT molecular complexity index is 203. The van der Waals surface area contributed by atoms with Crippen molar-refractivity contribution in [3.05, 3.63) is 11.6 Å². The molecule has 0 aromatic heterocycles. The molecule has 1 rings (SSSR count). The lowest BCUT2D eigenvalue weighted by molar-refractivity contribution is 0.0988. The predicted octanol–water partition coefficient (Wildman–Crippen LogP) is 3.26. The fourth-order valence-electron chi connectivity index (χ4n) is 2.72. The van der Waals surface area contributed by atoms with Crippen LogP contribution in [0.4, 0.5) is 0 Å². The second-order valence-corrected chi connectivity index (χ2v) is 5.06. The highest BCUT2D eigenvalue weighted by Crippen LogP contribution is 2.44. The average molecular weight is 182 g/mol. The normalized spacial score (nSPS) is 28.7. The molecule has 0 fully saturated rings. The van der Waals surface area contributed by atoms with Crippen LogP contribution in [0.15, 0.2) is 11.6 Å². The van der Waals surface area contributed by atoms with Crippen LogP contribution in [-0.4, -0.2) is 13.7 Å². The Balaban J connectivity index is 2.63. The lowest BCUT2D eigenvalue weighted by Crippen LogP contribution is -2.26. The summed E-state index contributed by atoms with van der Waals surface area (Å²) in [7, 11) is 1.79. The number of hydrogen-bond donors (Lipinski definition) is 0. The van der Waals surface area contributed by atoms with Crippen LogP contribution >= 0.6 is 0 Å². The summed E-state index contributed by atoms with van der Waals surface area (Å²) in [5.74, 6) is 1.42. The van der Waals surface area contributed by atoms with Gasteiger partial charge in [-0.15, -0.1) is 0 Å². The molecule has 0 aliphatic heterocycles. The minimum absolute atomic E-state index is 0.363. The first kappa shape index (κ1) is 10.8. The molecule has 0 saturated carbocycles. The summed E-state index contributed by atoms with van der Waals surface area (Å²) < 4.78 is 5.22. The van der Waals surface area contributed by atoms with E-state index in [1.165, 1.54) is 12.0 Å². The summed E-state index contributed by atoms with van der Waals surface area (Å²) in [5, 5.41) is 0. The lowest BCUT2D eigenvalue weighted by Gasteiger charge is -2.31. The van der Waals surface area contributed by atoms with Gasteiger partial charge in [-0.1, -0.05) is 32.4 Å². The Labute approximate surface area is 82.2 Å². The second kappa shape index (κ2) is 3.83. The highest BCUT2D eigenvalue weighted by Gasteiger charge is 2.36. The molecule has 0 radical (unpaired) electrons. The molecule has 1 nitrogen and oxygen atoms in total. The predicted molar refractivity (Wildman–Crippen MR) is 56.7 cm³/mol. The molecule has 0 saturated heterocycles. The van der Waals surface area contributed by atoms with Gasteiger partial charge in [-0.3, -0.25) is 0 Å². The summed E-state index contributed by atoms with van der Waals surface area (Å²) in [5.41, 5.74) is 1.90. The molecule has 2 unspecified atom stereocenters. The van der Waals surface area contributed by atoms with E-state index in [2.05, 4.69) is 33.8 Å². The zero-order valence-corrected chi connectivity index (χ0v) is 9.55. The quantitative estimate of drug-likeness (QED) is 0.609. The van der Waals surface area contributed by atoms with Crippen molar-refractivity contribution < 1.29 is 4.74 Å². The van der Waals surface area contributed by atoms with E-state index in [4.69, 9.17) is 4.74 Å². The van der Waals surface area contributed by atoms with Crippen LogP contribution in [0.25, 0.3) is 0 Å². The first-order chi connectivity index (χ1) is 5.97. The van der Waals surface area contributed by atoms with E-state index < -0.39 is 0 Å². The number of hydrogen-bond acceptors (Lipinski definition) is 1. The van der Waals surface area contributed by atoms with Gasteiger partial charge in [0.15, 0.2) is 0 Å². The monoisotopic (exact) mass is 182 g/mol. The smallest absolute Gasteiger partial charge is 0.0490 e. The van der Waals surface area contributed by atoms with Gasteiger partial charge in [-0.05, 0) is 30.6 Å². The Morgan fingerprint density at radius 1 is 1.62 bits per heavy atom. The number of rotatable bonds is 3. The van der Waals surface area contributed by atoms with Crippen LogP contribution in [0.2, 0.25) is 0 Å². The Morgan fingerprint density at radius 3 is 2.62 bits per heavy atom. The summed E-state index contributed by atoms with van der Waals surface area (Å²) in [4.78, 5) is 0. The summed E-state index contributed by atoms with van der Waals surface area (Å²) in [6.45, 7) is 10.1. The van der Waals surface area contributed by atoms with Crippen molar-refractivity contribution in [1.82, 2.24) is 0 Å². The molecular weight excluding hydrogens is 160 g/mol. The maximum Gasteiger partial charge on any atom is 0.0490 e. The second-order valence-electron chi connectivity index (χ2n) is 5.06. The van der Waals surface area contributed by atoms with Crippen molar-refractivity contribution >= 4 is 0 Å². The molecule has 0 N–H and O–H groups in total. The first-order valence-electron chi connectivity index (χ1n) is 5.14. The Hall–Kier alpha value is -0.300. The molecule has 0 spiro atoms. The third kappa shape index (κ3) is 2.34. The lowest BCUT2D eigenvalue weighted by atomic mass is 9.75. The van der Waals surface area contributed by atoms with Crippen LogP contribution in [0.3, 0.4) is 0 Å². The van der Waals surface area contributed by atoms with Gasteiger partial charge >= 0.3 is 0 Å². The number of allylic oxidation sites excluding steroid dienone is 2. The van der Waals surface area contributed by atoms with Crippen LogP contribution in [0, 0.1) is 17.3 Å². The molecule has 0 aromatic rings. The van der Waals surface area contributed by atoms with E-state index in [9.17, 15) is 0 Å². The summed E-state index contributed by atoms with van der Waals surface area (Å²) in [6, 6.07) is 0. The standard InChI is InChI=1S/C12H22O/c1-9-6-11(10(2)8-13-5)12(3,4)7-9/h7,10-11H,6,8H2,1-5H3. The third-order valence-electron chi connectivity index (χ3n) is 3.23. The molecule has 1 aliphatic rings. The molecule has 0 bridgehead atoms. The highest BCUT2D eigenvalue weighted by atomic mass is 16.5. The molecule has 2 atom stereocenters. The van der Waals surface area contributed by atoms with Crippen molar-refractivity contribution in [3.63, 3.8) is 0 Å². The van der Waals surface area contributed by atoms with Crippen LogP contribution in [0.5, 0.6) is 0 Å². The van der Waals surface area contributed by atoms with Crippen molar-refractivity contribution in [2.75, 3.05) is 13.7 Å². The number of methoxy groups -OCH3 is 1. The van der Waals surface area contributed by atoms with Crippen LogP contribution in [-0.2, 0) is 4.74 Å². The Morgan fingerprint density at radius 2 is 2.23 bits per heavy atom. The maximum atomic E-state index is 5.22. The van der Waals surface area contributed by atoms with Crippen molar-refractivity contribution in [2.45, 2.75) is 34.1 Å². The highest BCUT2D eigenvalue weighted by molar-refractivity contribution is 5.16. The third-order valence-corrected chi connectivity index (χ3v) is 3.23.